The molecule has 4 saturated heterocycles. The van der Waals surface area contributed by atoms with Gasteiger partial charge in [0.05, 0.1) is 6.33 Å². The van der Waals surface area contributed by atoms with Crippen LogP contribution in [0.2, 0.25) is 0 Å². The van der Waals surface area contributed by atoms with E-state index in [0.717, 1.165) is 68.6 Å². The largest absolute Gasteiger partial charge is 0.444 e. The highest BCUT2D eigenvalue weighted by Gasteiger charge is 2.57. The van der Waals surface area contributed by atoms with E-state index in [1.165, 1.54) is 0 Å². The third kappa shape index (κ3) is 5.17. The van der Waals surface area contributed by atoms with Gasteiger partial charge in [0.2, 0.25) is 0 Å². The number of imidazole rings is 1. The summed E-state index contributed by atoms with van der Waals surface area (Å²) in [5.41, 5.74) is 1.05. The molecular formula is C29H43N7O5. The Labute approximate surface area is 241 Å². The Hall–Kier alpha value is -2.54. The Bertz CT molecular complexity index is 1300. The van der Waals surface area contributed by atoms with Gasteiger partial charge in [-0.2, -0.15) is 0 Å². The van der Waals surface area contributed by atoms with Crippen LogP contribution in [0.25, 0.3) is 11.2 Å². The molecule has 224 valence electrons. The van der Waals surface area contributed by atoms with E-state index in [9.17, 15) is 4.79 Å². The maximum Gasteiger partial charge on any atom is 0.410 e. The number of ether oxygens (including phenoxy) is 4. The molecule has 0 bridgehead atoms. The van der Waals surface area contributed by atoms with Gasteiger partial charge in [0.1, 0.15) is 30.2 Å². The number of fused-ring (bicyclic) bond motifs is 2. The van der Waals surface area contributed by atoms with Gasteiger partial charge in [-0.3, -0.25) is 9.47 Å². The lowest BCUT2D eigenvalue weighted by atomic mass is 9.84. The Morgan fingerprint density at radius 2 is 1.83 bits per heavy atom. The molecule has 1 spiro atoms. The van der Waals surface area contributed by atoms with Gasteiger partial charge >= 0.3 is 6.09 Å². The quantitative estimate of drug-likeness (QED) is 0.572. The summed E-state index contributed by atoms with van der Waals surface area (Å²) in [5, 5.41) is 3.47. The molecule has 6 heterocycles. The molecule has 1 amide bonds. The van der Waals surface area contributed by atoms with Crippen molar-refractivity contribution in [2.45, 2.75) is 121 Å². The third-order valence-electron chi connectivity index (χ3n) is 9.16. The molecule has 5 aliphatic rings. The third-order valence-corrected chi connectivity index (χ3v) is 9.16. The van der Waals surface area contributed by atoms with Gasteiger partial charge in [-0.05, 0) is 79.7 Å². The van der Waals surface area contributed by atoms with Gasteiger partial charge in [-0.25, -0.2) is 19.7 Å². The lowest BCUT2D eigenvalue weighted by molar-refractivity contribution is -0.199. The van der Waals surface area contributed by atoms with Crippen LogP contribution >= 0.6 is 0 Å². The van der Waals surface area contributed by atoms with Crippen molar-refractivity contribution in [3.8, 4) is 0 Å². The van der Waals surface area contributed by atoms with Crippen LogP contribution in [0.1, 0.15) is 79.4 Å². The number of likely N-dealkylation sites (tertiary alicyclic amines) is 2. The van der Waals surface area contributed by atoms with Crippen LogP contribution in [0.3, 0.4) is 0 Å². The fraction of sp³-hybridized carbons (Fsp3) is 0.793. The molecule has 5 fully saturated rings. The molecule has 1 saturated carbocycles. The number of hydrogen-bond donors (Lipinski definition) is 1. The van der Waals surface area contributed by atoms with E-state index in [1.807, 2.05) is 44.1 Å². The first kappa shape index (κ1) is 27.3. The van der Waals surface area contributed by atoms with Crippen LogP contribution in [0.5, 0.6) is 0 Å². The van der Waals surface area contributed by atoms with Gasteiger partial charge in [-0.15, -0.1) is 0 Å². The fourth-order valence-electron chi connectivity index (χ4n) is 7.09. The Morgan fingerprint density at radius 1 is 1.07 bits per heavy atom. The minimum Gasteiger partial charge on any atom is -0.444 e. The van der Waals surface area contributed by atoms with E-state index < -0.39 is 17.6 Å². The number of carbonyl (C=O) groups is 1. The van der Waals surface area contributed by atoms with Crippen LogP contribution in [-0.2, 0) is 18.9 Å². The summed E-state index contributed by atoms with van der Waals surface area (Å²) in [4.78, 5) is 30.9. The lowest BCUT2D eigenvalue weighted by Gasteiger charge is -2.46. The molecule has 2 aromatic rings. The maximum atomic E-state index is 12.7. The molecule has 4 atom stereocenters. The first-order chi connectivity index (χ1) is 19.5. The fourth-order valence-corrected chi connectivity index (χ4v) is 7.09. The second-order valence-corrected chi connectivity index (χ2v) is 13.8. The maximum absolute atomic E-state index is 12.7. The first-order valence-electron chi connectivity index (χ1n) is 15.2. The van der Waals surface area contributed by atoms with E-state index in [2.05, 4.69) is 25.2 Å². The van der Waals surface area contributed by atoms with Crippen LogP contribution in [0.15, 0.2) is 12.7 Å². The van der Waals surface area contributed by atoms with E-state index >= 15 is 0 Å². The van der Waals surface area contributed by atoms with Gasteiger partial charge in [0.25, 0.3) is 0 Å². The van der Waals surface area contributed by atoms with E-state index in [4.69, 9.17) is 18.9 Å². The highest BCUT2D eigenvalue weighted by molar-refractivity contribution is 5.83. The summed E-state index contributed by atoms with van der Waals surface area (Å²) < 4.78 is 27.3. The molecule has 0 radical (unpaired) electrons. The zero-order valence-corrected chi connectivity index (χ0v) is 24.8. The zero-order chi connectivity index (χ0) is 28.6. The number of amides is 1. The van der Waals surface area contributed by atoms with E-state index in [-0.39, 0.29) is 29.9 Å². The summed E-state index contributed by atoms with van der Waals surface area (Å²) in [6.45, 7) is 12.8. The number of hydrogen-bond acceptors (Lipinski definition) is 10. The number of aromatic nitrogens is 4. The van der Waals surface area contributed by atoms with Gasteiger partial charge < -0.3 is 29.2 Å². The normalized spacial score (nSPS) is 31.2. The summed E-state index contributed by atoms with van der Waals surface area (Å²) in [7, 11) is 0. The number of anilines is 1. The van der Waals surface area contributed by atoms with Crippen LogP contribution in [0, 0.1) is 0 Å². The monoisotopic (exact) mass is 569 g/mol. The van der Waals surface area contributed by atoms with Crippen LogP contribution < -0.4 is 5.32 Å². The highest BCUT2D eigenvalue weighted by Crippen LogP contribution is 2.46. The summed E-state index contributed by atoms with van der Waals surface area (Å²) in [5.74, 6) is 0.0594. The Morgan fingerprint density at radius 3 is 2.56 bits per heavy atom. The van der Waals surface area contributed by atoms with Gasteiger partial charge in [0.15, 0.2) is 29.0 Å². The average molecular weight is 570 g/mol. The molecule has 1 N–H and O–H groups in total. The molecule has 12 heteroatoms. The standard InChI is InChI=1S/C29H43N7O5/c1-27(2,3)41-26(37)34-13-10-29(11-14-34)9-6-12-35(29)15-19-21-22(40-28(4,5)39-21)25(38-19)36-17-32-20-23(33-18-7-8-18)30-16-31-24(20)36/h16-19,21-22,25H,6-15H2,1-5H3,(H,30,31,33)/t19-,21-,22-,25?/m1/s1. The predicted molar refractivity (Wildman–Crippen MR) is 150 cm³/mol. The highest BCUT2D eigenvalue weighted by atomic mass is 16.8. The van der Waals surface area contributed by atoms with Crippen molar-refractivity contribution in [2.75, 3.05) is 31.5 Å². The Kier molecular flexibility index (Phi) is 6.49. The summed E-state index contributed by atoms with van der Waals surface area (Å²) in [6, 6.07) is 0.464. The van der Waals surface area contributed by atoms with E-state index in [1.54, 1.807) is 12.7 Å². The molecule has 4 aliphatic heterocycles. The van der Waals surface area contributed by atoms with Crippen LogP contribution in [-0.4, -0.2) is 103 Å². The predicted octanol–water partition coefficient (Wildman–Crippen LogP) is 3.68. The second kappa shape index (κ2) is 9.75. The van der Waals surface area contributed by atoms with Crippen LogP contribution in [0.4, 0.5) is 10.6 Å². The number of carbonyl (C=O) groups excluding carboxylic acids is 1. The van der Waals surface area contributed by atoms with Crippen molar-refractivity contribution in [1.29, 1.82) is 0 Å². The first-order valence-corrected chi connectivity index (χ1v) is 15.2. The molecule has 2 aromatic heterocycles. The number of nitrogens with one attached hydrogen (secondary N) is 1. The van der Waals surface area contributed by atoms with Crippen molar-refractivity contribution in [1.82, 2.24) is 29.3 Å². The molecule has 1 aliphatic carbocycles. The lowest BCUT2D eigenvalue weighted by Crippen LogP contribution is -2.56. The van der Waals surface area contributed by atoms with Crippen molar-refractivity contribution in [3.63, 3.8) is 0 Å². The van der Waals surface area contributed by atoms with Crippen molar-refractivity contribution < 1.29 is 23.7 Å². The summed E-state index contributed by atoms with van der Waals surface area (Å²) in [6.07, 6.45) is 8.52. The molecule has 1 unspecified atom stereocenters. The number of nitrogens with zero attached hydrogens (tertiary/aromatic N) is 6. The topological polar surface area (TPSA) is 116 Å². The van der Waals surface area contributed by atoms with Crippen molar-refractivity contribution >= 4 is 23.1 Å². The Balaban J connectivity index is 1.09. The molecule has 12 nitrogen and oxygen atoms in total. The average Bonchev–Trinajstić information content (AvgIpc) is 3.19. The molecule has 7 rings (SSSR count). The molecule has 0 aromatic carbocycles. The number of rotatable bonds is 5. The minimum absolute atomic E-state index is 0.0583. The zero-order valence-electron chi connectivity index (χ0n) is 24.8. The molecule has 41 heavy (non-hydrogen) atoms. The van der Waals surface area contributed by atoms with Gasteiger partial charge in [0, 0.05) is 31.2 Å². The van der Waals surface area contributed by atoms with Crippen molar-refractivity contribution in [2.24, 2.45) is 0 Å². The second-order valence-electron chi connectivity index (χ2n) is 13.8. The van der Waals surface area contributed by atoms with Gasteiger partial charge in [-0.1, -0.05) is 0 Å². The number of piperidine rings is 1. The van der Waals surface area contributed by atoms with Crippen molar-refractivity contribution in [3.05, 3.63) is 12.7 Å². The SMILES string of the molecule is CC(C)(C)OC(=O)N1CCC2(CCCN2C[C@H]2OC(n3cnc4c(NC5CC5)ncnc43)[C@@H]3OC(C)(C)O[C@H]23)CC1. The minimum atomic E-state index is -0.707. The molecular weight excluding hydrogens is 526 g/mol. The summed E-state index contributed by atoms with van der Waals surface area (Å²) >= 11 is 0. The smallest absolute Gasteiger partial charge is 0.410 e. The van der Waals surface area contributed by atoms with E-state index in [0.29, 0.717) is 19.1 Å².